The Hall–Kier alpha value is -1.33. The van der Waals surface area contributed by atoms with Crippen molar-refractivity contribution >= 4 is 20.7 Å². The average molecular weight is 364 g/mol. The molecule has 5 heteroatoms. The molecule has 138 valence electrons. The number of benzene rings is 1. The van der Waals surface area contributed by atoms with Crippen LogP contribution in [-0.2, 0) is 27.5 Å². The third kappa shape index (κ3) is 4.09. The van der Waals surface area contributed by atoms with Gasteiger partial charge in [0, 0.05) is 36.5 Å². The molecule has 1 aromatic carbocycles. The van der Waals surface area contributed by atoms with Crippen molar-refractivity contribution in [2.75, 3.05) is 13.4 Å². The van der Waals surface area contributed by atoms with Crippen LogP contribution >= 0.6 is 0 Å². The summed E-state index contributed by atoms with van der Waals surface area (Å²) in [5, 5.41) is 1.04. The van der Waals surface area contributed by atoms with E-state index in [2.05, 4.69) is 17.6 Å². The fraction of sp³-hybridized carbons (Fsp3) is 0.600. The van der Waals surface area contributed by atoms with Crippen molar-refractivity contribution in [3.63, 3.8) is 0 Å². The van der Waals surface area contributed by atoms with Crippen LogP contribution in [0.4, 0.5) is 0 Å². The Labute approximate surface area is 151 Å². The molecule has 1 fully saturated rings. The average Bonchev–Trinajstić information content (AvgIpc) is 2.92. The number of hydrogen-bond donors (Lipinski definition) is 0. The molecule has 1 heterocycles. The van der Waals surface area contributed by atoms with Crippen molar-refractivity contribution in [1.29, 1.82) is 0 Å². The second-order valence-corrected chi connectivity index (χ2v) is 9.38. The summed E-state index contributed by atoms with van der Waals surface area (Å²) in [6, 6.07) is 7.72. The van der Waals surface area contributed by atoms with Crippen LogP contribution in [0.15, 0.2) is 29.2 Å². The smallest absolute Gasteiger partial charge is 0.175 e. The van der Waals surface area contributed by atoms with Gasteiger partial charge < -0.3 is 9.30 Å². The van der Waals surface area contributed by atoms with Gasteiger partial charge in [0.25, 0.3) is 0 Å². The molecule has 1 aliphatic rings. The first kappa shape index (κ1) is 18.5. The first-order valence-corrected chi connectivity index (χ1v) is 11.2. The second kappa shape index (κ2) is 7.50. The van der Waals surface area contributed by atoms with Crippen molar-refractivity contribution in [3.8, 4) is 0 Å². The van der Waals surface area contributed by atoms with E-state index in [1.54, 1.807) is 6.07 Å². The normalized spacial score (nSPS) is 21.7. The molecule has 0 saturated heterocycles. The molecule has 25 heavy (non-hydrogen) atoms. The third-order valence-corrected chi connectivity index (χ3v) is 6.57. The molecule has 0 unspecified atom stereocenters. The van der Waals surface area contributed by atoms with Crippen LogP contribution in [0.2, 0.25) is 0 Å². The fourth-order valence-corrected chi connectivity index (χ4v) is 4.68. The van der Waals surface area contributed by atoms with E-state index in [-0.39, 0.29) is 0 Å². The molecule has 1 aliphatic carbocycles. The van der Waals surface area contributed by atoms with Gasteiger partial charge in [0.05, 0.1) is 11.0 Å². The number of aryl methyl sites for hydroxylation is 1. The molecular formula is C20H29NO3S. The maximum absolute atomic E-state index is 11.9. The number of rotatable bonds is 6. The first-order valence-electron chi connectivity index (χ1n) is 9.27. The minimum Gasteiger partial charge on any atom is -0.381 e. The first-order chi connectivity index (χ1) is 11.9. The number of nitrogens with zero attached hydrogens (tertiary/aromatic N) is 1. The lowest BCUT2D eigenvalue weighted by atomic mass is 9.87. The third-order valence-electron chi connectivity index (χ3n) is 5.46. The predicted molar refractivity (Wildman–Crippen MR) is 102 cm³/mol. The van der Waals surface area contributed by atoms with Gasteiger partial charge in [0.2, 0.25) is 0 Å². The second-order valence-electron chi connectivity index (χ2n) is 7.37. The van der Waals surface area contributed by atoms with Gasteiger partial charge in [-0.05, 0) is 62.3 Å². The molecule has 0 atom stereocenters. The minimum absolute atomic E-state index is 0.404. The molecule has 0 radical (unpaired) electrons. The quantitative estimate of drug-likeness (QED) is 0.773. The predicted octanol–water partition coefficient (Wildman–Crippen LogP) is 4.20. The summed E-state index contributed by atoms with van der Waals surface area (Å²) < 4.78 is 31.6. The van der Waals surface area contributed by atoms with Gasteiger partial charge in [0.15, 0.2) is 9.84 Å². The number of aromatic nitrogens is 1. The highest BCUT2D eigenvalue weighted by atomic mass is 32.2. The minimum atomic E-state index is -3.17. The van der Waals surface area contributed by atoms with E-state index in [0.29, 0.717) is 16.9 Å². The van der Waals surface area contributed by atoms with E-state index < -0.39 is 9.84 Å². The number of sulfone groups is 1. The van der Waals surface area contributed by atoms with Gasteiger partial charge in [-0.3, -0.25) is 0 Å². The van der Waals surface area contributed by atoms with E-state index >= 15 is 0 Å². The number of ether oxygens (including phenoxy) is 1. The zero-order chi connectivity index (χ0) is 18.0. The molecule has 0 bridgehead atoms. The molecule has 3 rings (SSSR count). The van der Waals surface area contributed by atoms with Crippen LogP contribution in [0.3, 0.4) is 0 Å². The Kier molecular flexibility index (Phi) is 5.54. The van der Waals surface area contributed by atoms with Crippen LogP contribution in [0, 0.1) is 5.92 Å². The Balaban J connectivity index is 1.91. The zero-order valence-electron chi connectivity index (χ0n) is 15.5. The molecular weight excluding hydrogens is 334 g/mol. The highest BCUT2D eigenvalue weighted by molar-refractivity contribution is 7.90. The fourth-order valence-electron chi connectivity index (χ4n) is 4.02. The molecule has 4 nitrogen and oxygen atoms in total. The van der Waals surface area contributed by atoms with E-state index in [1.807, 2.05) is 19.2 Å². The van der Waals surface area contributed by atoms with E-state index in [1.165, 1.54) is 24.8 Å². The Bertz CT molecular complexity index is 830. The van der Waals surface area contributed by atoms with Crippen molar-refractivity contribution in [2.24, 2.45) is 5.92 Å². The highest BCUT2D eigenvalue weighted by Crippen LogP contribution is 2.31. The monoisotopic (exact) mass is 363 g/mol. The summed E-state index contributed by atoms with van der Waals surface area (Å²) in [5.74, 6) is 0.673. The lowest BCUT2D eigenvalue weighted by molar-refractivity contribution is 0.0543. The summed E-state index contributed by atoms with van der Waals surface area (Å²) in [4.78, 5) is 0.404. The van der Waals surface area contributed by atoms with Gasteiger partial charge in [-0.15, -0.1) is 0 Å². The van der Waals surface area contributed by atoms with Crippen LogP contribution in [-0.4, -0.2) is 32.5 Å². The van der Waals surface area contributed by atoms with Gasteiger partial charge in [-0.25, -0.2) is 8.42 Å². The van der Waals surface area contributed by atoms with Crippen LogP contribution in [0.5, 0.6) is 0 Å². The Morgan fingerprint density at radius 1 is 1.16 bits per heavy atom. The molecule has 2 aromatic rings. The summed E-state index contributed by atoms with van der Waals surface area (Å²) in [5.41, 5.74) is 2.47. The highest BCUT2D eigenvalue weighted by Gasteiger charge is 2.22. The van der Waals surface area contributed by atoms with E-state index in [0.717, 1.165) is 43.1 Å². The van der Waals surface area contributed by atoms with Gasteiger partial charge >= 0.3 is 0 Å². The lowest BCUT2D eigenvalue weighted by Crippen LogP contribution is -2.23. The topological polar surface area (TPSA) is 48.3 Å². The van der Waals surface area contributed by atoms with Gasteiger partial charge in [-0.1, -0.05) is 13.3 Å². The van der Waals surface area contributed by atoms with Gasteiger partial charge in [0.1, 0.15) is 0 Å². The van der Waals surface area contributed by atoms with Crippen molar-refractivity contribution < 1.29 is 13.2 Å². The summed E-state index contributed by atoms with van der Waals surface area (Å²) in [7, 11) is -1.36. The standard InChI is InChI=1S/C20H29NO3S/c1-4-5-17-12-16-13-19(25(3,22)23)10-11-20(16)21(17)14-15-6-8-18(24-2)9-7-15/h10-13,15,18H,4-9,14H2,1-3H3. The molecule has 0 amide bonds. The lowest BCUT2D eigenvalue weighted by Gasteiger charge is -2.28. The van der Waals surface area contributed by atoms with Crippen LogP contribution in [0.1, 0.15) is 44.7 Å². The maximum Gasteiger partial charge on any atom is 0.175 e. The number of methoxy groups -OCH3 is 1. The molecule has 0 spiro atoms. The van der Waals surface area contributed by atoms with Crippen LogP contribution in [0.25, 0.3) is 10.9 Å². The summed E-state index contributed by atoms with van der Waals surface area (Å²) in [6.07, 6.45) is 8.48. The Morgan fingerprint density at radius 2 is 1.88 bits per heavy atom. The number of hydrogen-bond acceptors (Lipinski definition) is 3. The maximum atomic E-state index is 11.9. The Morgan fingerprint density at radius 3 is 2.48 bits per heavy atom. The molecule has 1 saturated carbocycles. The zero-order valence-corrected chi connectivity index (χ0v) is 16.3. The summed E-state index contributed by atoms with van der Waals surface area (Å²) in [6.45, 7) is 3.21. The molecule has 0 aliphatic heterocycles. The largest absolute Gasteiger partial charge is 0.381 e. The van der Waals surface area contributed by atoms with Crippen molar-refractivity contribution in [1.82, 2.24) is 4.57 Å². The van der Waals surface area contributed by atoms with Crippen molar-refractivity contribution in [3.05, 3.63) is 30.0 Å². The van der Waals surface area contributed by atoms with E-state index in [4.69, 9.17) is 4.74 Å². The van der Waals surface area contributed by atoms with Crippen molar-refractivity contribution in [2.45, 2.75) is 63.0 Å². The van der Waals surface area contributed by atoms with E-state index in [9.17, 15) is 8.42 Å². The summed E-state index contributed by atoms with van der Waals surface area (Å²) >= 11 is 0. The van der Waals surface area contributed by atoms with Crippen LogP contribution < -0.4 is 0 Å². The van der Waals surface area contributed by atoms with Gasteiger partial charge in [-0.2, -0.15) is 0 Å². The molecule has 1 aromatic heterocycles. The number of fused-ring (bicyclic) bond motifs is 1. The SMILES string of the molecule is CCCc1cc2cc(S(C)(=O)=O)ccc2n1CC1CCC(OC)CC1. The molecule has 0 N–H and O–H groups in total.